The predicted molar refractivity (Wildman–Crippen MR) is 69.2 cm³/mol. The Morgan fingerprint density at radius 1 is 0.778 bits per heavy atom. The van der Waals surface area contributed by atoms with Crippen LogP contribution in [0.3, 0.4) is 0 Å². The van der Waals surface area contributed by atoms with E-state index in [4.69, 9.17) is 4.74 Å². The zero-order chi connectivity index (χ0) is 12.9. The van der Waals surface area contributed by atoms with E-state index in [1.165, 1.54) is 0 Å². The Balaban J connectivity index is 2.55. The Kier molecular flexibility index (Phi) is 2.07. The van der Waals surface area contributed by atoms with E-state index in [-0.39, 0.29) is 10.8 Å². The molecule has 4 heteroatoms. The van der Waals surface area contributed by atoms with Crippen molar-refractivity contribution < 1.29 is 4.74 Å². The second-order valence-electron chi connectivity index (χ2n) is 4.10. The first-order chi connectivity index (χ1) is 8.61. The number of hydrogen-bond acceptors (Lipinski definition) is 4. The molecule has 4 nitrogen and oxygen atoms in total. The monoisotopic (exact) mass is 240 g/mol. The van der Waals surface area contributed by atoms with Crippen molar-refractivity contribution in [2.75, 3.05) is 7.11 Å². The van der Waals surface area contributed by atoms with E-state index in [0.717, 1.165) is 10.8 Å². The van der Waals surface area contributed by atoms with E-state index in [1.54, 1.807) is 37.4 Å². The van der Waals surface area contributed by atoms with Crippen molar-refractivity contribution in [1.82, 2.24) is 0 Å². The third kappa shape index (κ3) is 1.29. The van der Waals surface area contributed by atoms with Crippen LogP contribution in [0.4, 0.5) is 0 Å². The standard InChI is InChI=1S/C14H8O4/c1-18-9-3-2-7-5-10-11(6-8(7)4-9)13(16)14(17)12(10)15/h2-6H,1H3. The largest absolute Gasteiger partial charge is 0.497 e. The van der Waals surface area contributed by atoms with E-state index in [2.05, 4.69) is 0 Å². The zero-order valence-electron chi connectivity index (χ0n) is 9.52. The number of rotatable bonds is 1. The molecule has 0 unspecified atom stereocenters. The van der Waals surface area contributed by atoms with Crippen molar-refractivity contribution in [1.29, 1.82) is 0 Å². The van der Waals surface area contributed by atoms with E-state index in [9.17, 15) is 14.4 Å². The Morgan fingerprint density at radius 3 is 2.00 bits per heavy atom. The topological polar surface area (TPSA) is 60.4 Å². The summed E-state index contributed by atoms with van der Waals surface area (Å²) < 4.78 is 5.09. The lowest BCUT2D eigenvalue weighted by Crippen LogP contribution is -2.29. The summed E-state index contributed by atoms with van der Waals surface area (Å²) in [5.41, 5.74) is -2.39. The Morgan fingerprint density at radius 2 is 1.39 bits per heavy atom. The van der Waals surface area contributed by atoms with Crippen molar-refractivity contribution in [3.05, 3.63) is 61.0 Å². The van der Waals surface area contributed by atoms with Gasteiger partial charge in [0.05, 0.1) is 7.11 Å². The quantitative estimate of drug-likeness (QED) is 0.594. The predicted octanol–water partition coefficient (Wildman–Crippen LogP) is 0.958. The molecule has 0 saturated heterocycles. The van der Waals surface area contributed by atoms with Crippen LogP contribution in [0.5, 0.6) is 5.75 Å². The van der Waals surface area contributed by atoms with Crippen LogP contribution in [-0.4, -0.2) is 7.11 Å². The molecule has 0 radical (unpaired) electrons. The lowest BCUT2D eigenvalue weighted by molar-refractivity contribution is 0.415. The molecule has 88 valence electrons. The molecule has 0 N–H and O–H groups in total. The smallest absolute Gasteiger partial charge is 0.273 e. The molecule has 0 atom stereocenters. The van der Waals surface area contributed by atoms with Gasteiger partial charge in [-0.3, -0.25) is 14.4 Å². The molecule has 0 aliphatic rings. The molecule has 3 aromatic rings. The molecule has 0 aliphatic carbocycles. The minimum Gasteiger partial charge on any atom is -0.497 e. The fraction of sp³-hybridized carbons (Fsp3) is 0.0714. The number of methoxy groups -OCH3 is 1. The summed E-state index contributed by atoms with van der Waals surface area (Å²) in [6.45, 7) is 0. The minimum atomic E-state index is -0.952. The molecule has 0 bridgehead atoms. The van der Waals surface area contributed by atoms with Crippen molar-refractivity contribution in [3.8, 4) is 5.75 Å². The normalized spacial score (nSPS) is 11.2. The van der Waals surface area contributed by atoms with Crippen LogP contribution in [-0.2, 0) is 0 Å². The zero-order valence-corrected chi connectivity index (χ0v) is 9.52. The number of ether oxygens (including phenoxy) is 1. The molecular formula is C14H8O4. The summed E-state index contributed by atoms with van der Waals surface area (Å²) in [7, 11) is 1.55. The first-order valence-corrected chi connectivity index (χ1v) is 5.37. The first-order valence-electron chi connectivity index (χ1n) is 5.37. The summed E-state index contributed by atoms with van der Waals surface area (Å²) >= 11 is 0. The fourth-order valence-electron chi connectivity index (χ4n) is 2.13. The van der Waals surface area contributed by atoms with Gasteiger partial charge >= 0.3 is 0 Å². The lowest BCUT2D eigenvalue weighted by atomic mass is 10.1. The van der Waals surface area contributed by atoms with Gasteiger partial charge in [-0.15, -0.1) is 0 Å². The van der Waals surface area contributed by atoms with Crippen molar-refractivity contribution in [2.45, 2.75) is 0 Å². The van der Waals surface area contributed by atoms with Gasteiger partial charge in [0.2, 0.25) is 10.9 Å². The lowest BCUT2D eigenvalue weighted by Gasteiger charge is -2.02. The van der Waals surface area contributed by atoms with E-state index in [1.807, 2.05) is 0 Å². The van der Waals surface area contributed by atoms with Crippen LogP contribution in [0.1, 0.15) is 0 Å². The maximum Gasteiger partial charge on any atom is 0.273 e. The summed E-state index contributed by atoms with van der Waals surface area (Å²) in [4.78, 5) is 34.5. The van der Waals surface area contributed by atoms with E-state index >= 15 is 0 Å². The average molecular weight is 240 g/mol. The number of fused-ring (bicyclic) bond motifs is 2. The SMILES string of the molecule is COc1ccc2cc3c(=O)c(=O)c(=O)c3cc2c1. The van der Waals surface area contributed by atoms with Gasteiger partial charge in [0.1, 0.15) is 5.75 Å². The number of benzene rings is 2. The summed E-state index contributed by atoms with van der Waals surface area (Å²) in [6, 6.07) is 8.45. The van der Waals surface area contributed by atoms with Crippen LogP contribution in [0.15, 0.2) is 44.7 Å². The van der Waals surface area contributed by atoms with Gasteiger partial charge in [0.25, 0.3) is 5.43 Å². The highest BCUT2D eigenvalue weighted by molar-refractivity contribution is 5.99. The first kappa shape index (κ1) is 10.7. The minimum absolute atomic E-state index is 0.186. The molecule has 0 spiro atoms. The fourth-order valence-corrected chi connectivity index (χ4v) is 2.13. The second-order valence-corrected chi connectivity index (χ2v) is 4.10. The van der Waals surface area contributed by atoms with Crippen molar-refractivity contribution in [3.63, 3.8) is 0 Å². The van der Waals surface area contributed by atoms with Gasteiger partial charge in [-0.05, 0) is 35.0 Å². The Labute approximate surface area is 101 Å². The van der Waals surface area contributed by atoms with Crippen molar-refractivity contribution >= 4 is 21.5 Å². The van der Waals surface area contributed by atoms with E-state index < -0.39 is 16.3 Å². The van der Waals surface area contributed by atoms with Gasteiger partial charge < -0.3 is 4.74 Å². The van der Waals surface area contributed by atoms with Crippen LogP contribution < -0.4 is 21.0 Å². The van der Waals surface area contributed by atoms with Crippen LogP contribution in [0.2, 0.25) is 0 Å². The molecule has 0 heterocycles. The molecule has 0 amide bonds. The number of hydrogen-bond donors (Lipinski definition) is 0. The summed E-state index contributed by atoms with van der Waals surface area (Å²) in [5, 5.41) is 1.95. The van der Waals surface area contributed by atoms with Crippen LogP contribution in [0.25, 0.3) is 21.5 Å². The second kappa shape index (κ2) is 3.50. The van der Waals surface area contributed by atoms with Gasteiger partial charge in [-0.1, -0.05) is 6.07 Å². The van der Waals surface area contributed by atoms with E-state index in [0.29, 0.717) is 5.75 Å². The third-order valence-corrected chi connectivity index (χ3v) is 3.09. The molecule has 3 aromatic carbocycles. The highest BCUT2D eigenvalue weighted by Gasteiger charge is 2.13. The maximum absolute atomic E-state index is 11.6. The van der Waals surface area contributed by atoms with Gasteiger partial charge in [0, 0.05) is 10.8 Å². The van der Waals surface area contributed by atoms with Gasteiger partial charge in [-0.25, -0.2) is 0 Å². The molecule has 0 aliphatic heterocycles. The molecule has 3 rings (SSSR count). The maximum atomic E-state index is 11.6. The van der Waals surface area contributed by atoms with Crippen LogP contribution in [0, 0.1) is 0 Å². The molecule has 0 fully saturated rings. The molecule has 0 saturated carbocycles. The highest BCUT2D eigenvalue weighted by atomic mass is 16.5. The third-order valence-electron chi connectivity index (χ3n) is 3.09. The molecular weight excluding hydrogens is 232 g/mol. The molecule has 18 heavy (non-hydrogen) atoms. The van der Waals surface area contributed by atoms with Gasteiger partial charge in [0.15, 0.2) is 0 Å². The van der Waals surface area contributed by atoms with Crippen LogP contribution >= 0.6 is 0 Å². The highest BCUT2D eigenvalue weighted by Crippen LogP contribution is 2.23. The molecule has 0 aromatic heterocycles. The van der Waals surface area contributed by atoms with Crippen molar-refractivity contribution in [2.24, 2.45) is 0 Å². The average Bonchev–Trinajstić information content (AvgIpc) is 2.61. The Bertz CT molecular complexity index is 915. The Hall–Kier alpha value is -2.49. The summed E-state index contributed by atoms with van der Waals surface area (Å²) in [6.07, 6.45) is 0. The van der Waals surface area contributed by atoms with Gasteiger partial charge in [-0.2, -0.15) is 0 Å². The summed E-state index contributed by atoms with van der Waals surface area (Å²) in [5.74, 6) is 0.658.